The van der Waals surface area contributed by atoms with Gasteiger partial charge in [-0.2, -0.15) is 0 Å². The summed E-state index contributed by atoms with van der Waals surface area (Å²) < 4.78 is 36.7. The molecule has 0 heterocycles. The maximum atomic E-state index is 10.7. The molecule has 0 aromatic rings. The van der Waals surface area contributed by atoms with Crippen molar-refractivity contribution in [3.05, 3.63) is 0 Å². The molecule has 0 radical (unpaired) electrons. The van der Waals surface area contributed by atoms with E-state index < -0.39 is 10.4 Å². The molecule has 158 valence electrons. The molecule has 6 heteroatoms. The molecule has 1 unspecified atom stereocenters. The van der Waals surface area contributed by atoms with Gasteiger partial charge in [-0.1, -0.05) is 110 Å². The quantitative estimate of drug-likeness (QED) is 0.128. The molecule has 0 N–H and O–H groups in total. The minimum Gasteiger partial charge on any atom is -0.726 e. The fourth-order valence-electron chi connectivity index (χ4n) is 3.45. The van der Waals surface area contributed by atoms with Crippen LogP contribution in [0, 0.1) is 5.92 Å². The molecule has 0 bridgehead atoms. The largest absolute Gasteiger partial charge is 1.00 e. The second-order valence-electron chi connectivity index (χ2n) is 7.73. The van der Waals surface area contributed by atoms with E-state index in [1.165, 1.54) is 83.5 Å². The maximum Gasteiger partial charge on any atom is 1.00 e. The van der Waals surface area contributed by atoms with E-state index in [-0.39, 0.29) is 63.9 Å². The van der Waals surface area contributed by atoms with Crippen LogP contribution in [0.25, 0.3) is 0 Å². The Balaban J connectivity index is 0. The Labute approximate surface area is 212 Å². The Morgan fingerprint density at radius 3 is 1.33 bits per heavy atom. The normalized spacial score (nSPS) is 12.7. The zero-order valence-corrected chi connectivity index (χ0v) is 22.3. The maximum absolute atomic E-state index is 10.7. The molecule has 0 aliphatic heterocycles. The smallest absolute Gasteiger partial charge is 0.726 e. The van der Waals surface area contributed by atoms with Crippen LogP contribution >= 0.6 is 0 Å². The molecule has 1 atom stereocenters. The van der Waals surface area contributed by atoms with Crippen LogP contribution in [-0.4, -0.2) is 19.6 Å². The molecular weight excluding hydrogens is 387 g/mol. The molecule has 0 spiro atoms. The number of hydrogen-bond acceptors (Lipinski definition) is 4. The first kappa shape index (κ1) is 30.7. The second-order valence-corrected chi connectivity index (χ2v) is 8.78. The van der Waals surface area contributed by atoms with E-state index in [0.29, 0.717) is 0 Å². The zero-order valence-electron chi connectivity index (χ0n) is 18.3. The van der Waals surface area contributed by atoms with Crippen LogP contribution in [-0.2, 0) is 14.6 Å². The van der Waals surface area contributed by atoms with Gasteiger partial charge in [0.25, 0.3) is 0 Å². The fourth-order valence-corrected chi connectivity index (χ4v) is 3.81. The summed E-state index contributed by atoms with van der Waals surface area (Å²) in [4.78, 5) is 0. The van der Waals surface area contributed by atoms with Crippen LogP contribution in [0.2, 0.25) is 0 Å². The minimum absolute atomic E-state index is 0. The predicted octanol–water partition coefficient (Wildman–Crippen LogP) is 3.75. The van der Waals surface area contributed by atoms with Crippen molar-refractivity contribution >= 4 is 10.4 Å². The van der Waals surface area contributed by atoms with E-state index in [4.69, 9.17) is 0 Å². The van der Waals surface area contributed by atoms with Crippen LogP contribution in [0.15, 0.2) is 0 Å². The zero-order chi connectivity index (χ0) is 19.5. The molecule has 0 saturated carbocycles. The van der Waals surface area contributed by atoms with Crippen molar-refractivity contribution in [2.24, 2.45) is 5.92 Å². The van der Waals surface area contributed by atoms with Crippen molar-refractivity contribution in [2.75, 3.05) is 6.61 Å². The molecule has 0 fully saturated rings. The van der Waals surface area contributed by atoms with E-state index in [1.54, 1.807) is 0 Å². The first-order chi connectivity index (χ1) is 12.5. The van der Waals surface area contributed by atoms with Crippen molar-refractivity contribution in [3.8, 4) is 0 Å². The molecule has 0 aliphatic carbocycles. The van der Waals surface area contributed by atoms with Crippen LogP contribution in [0.4, 0.5) is 0 Å². The third-order valence-corrected chi connectivity index (χ3v) is 5.55. The van der Waals surface area contributed by atoms with Crippen LogP contribution in [0.3, 0.4) is 0 Å². The van der Waals surface area contributed by atoms with Gasteiger partial charge in [0, 0.05) is 0 Å². The summed E-state index contributed by atoms with van der Waals surface area (Å²) in [6.07, 6.45) is 20.9. The Hall–Kier alpha value is 1.51. The van der Waals surface area contributed by atoms with Gasteiger partial charge >= 0.3 is 51.4 Å². The van der Waals surface area contributed by atoms with Crippen LogP contribution < -0.4 is 51.4 Å². The molecule has 0 aromatic heterocycles. The molecule has 0 saturated heterocycles. The van der Waals surface area contributed by atoms with Gasteiger partial charge in [0.05, 0.1) is 6.61 Å². The Kier molecular flexibility index (Phi) is 25.2. The van der Waals surface area contributed by atoms with Crippen LogP contribution in [0.1, 0.15) is 123 Å². The van der Waals surface area contributed by atoms with Gasteiger partial charge < -0.3 is 4.55 Å². The summed E-state index contributed by atoms with van der Waals surface area (Å²) in [6, 6.07) is 0. The van der Waals surface area contributed by atoms with Crippen molar-refractivity contribution in [3.63, 3.8) is 0 Å². The van der Waals surface area contributed by atoms with E-state index in [1.807, 2.05) is 0 Å². The van der Waals surface area contributed by atoms with Gasteiger partial charge in [0.1, 0.15) is 0 Å². The van der Waals surface area contributed by atoms with Gasteiger partial charge in [0.15, 0.2) is 0 Å². The third-order valence-electron chi connectivity index (χ3n) is 5.13. The van der Waals surface area contributed by atoms with E-state index >= 15 is 0 Å². The summed E-state index contributed by atoms with van der Waals surface area (Å²) in [5, 5.41) is 0. The average molecular weight is 431 g/mol. The minimum atomic E-state index is -4.56. The Morgan fingerprint density at radius 1 is 0.667 bits per heavy atom. The fraction of sp³-hybridized carbons (Fsp3) is 1.00. The molecule has 0 aromatic carbocycles. The topological polar surface area (TPSA) is 66.4 Å². The molecular formula is C21H43KO4S. The standard InChI is InChI=1S/C21H44O4S.K/c1-3-5-7-9-11-12-13-15-17-19-21(20-25-26(22,23)24)18-16-14-10-8-6-4-2;/h21H,3-20H2,1-2H3,(H,22,23,24);/q;+1/p-1. The third kappa shape index (κ3) is 25.5. The van der Waals surface area contributed by atoms with Gasteiger partial charge in [-0.05, 0) is 18.8 Å². The first-order valence-corrected chi connectivity index (χ1v) is 12.4. The monoisotopic (exact) mass is 430 g/mol. The molecule has 0 aliphatic rings. The van der Waals surface area contributed by atoms with Gasteiger partial charge in [0.2, 0.25) is 10.4 Å². The predicted molar refractivity (Wildman–Crippen MR) is 109 cm³/mol. The molecule has 4 nitrogen and oxygen atoms in total. The summed E-state index contributed by atoms with van der Waals surface area (Å²) in [5.74, 6) is 0.203. The second kappa shape index (κ2) is 22.2. The van der Waals surface area contributed by atoms with E-state index in [2.05, 4.69) is 18.0 Å². The van der Waals surface area contributed by atoms with E-state index in [9.17, 15) is 13.0 Å². The molecule has 0 amide bonds. The summed E-state index contributed by atoms with van der Waals surface area (Å²) in [5.41, 5.74) is 0. The molecule has 27 heavy (non-hydrogen) atoms. The summed E-state index contributed by atoms with van der Waals surface area (Å²) in [6.45, 7) is 4.52. The van der Waals surface area contributed by atoms with Gasteiger partial charge in [-0.3, -0.25) is 4.18 Å². The van der Waals surface area contributed by atoms with Crippen molar-refractivity contribution in [1.29, 1.82) is 0 Å². The Morgan fingerprint density at radius 2 is 1.00 bits per heavy atom. The SMILES string of the molecule is CCCCCCCCCCCC(CCCCCCCC)COS(=O)(=O)[O-].[K+]. The average Bonchev–Trinajstić information content (AvgIpc) is 2.59. The van der Waals surface area contributed by atoms with Crippen molar-refractivity contribution in [2.45, 2.75) is 123 Å². The van der Waals surface area contributed by atoms with Gasteiger partial charge in [-0.15, -0.1) is 0 Å². The summed E-state index contributed by atoms with van der Waals surface area (Å²) in [7, 11) is -4.56. The van der Waals surface area contributed by atoms with Crippen molar-refractivity contribution in [1.82, 2.24) is 0 Å². The van der Waals surface area contributed by atoms with Crippen molar-refractivity contribution < 1.29 is 68.5 Å². The van der Waals surface area contributed by atoms with E-state index in [0.717, 1.165) is 25.7 Å². The first-order valence-electron chi connectivity index (χ1n) is 11.1. The number of rotatable bonds is 20. The van der Waals surface area contributed by atoms with Crippen LogP contribution in [0.5, 0.6) is 0 Å². The van der Waals surface area contributed by atoms with Gasteiger partial charge in [-0.25, -0.2) is 8.42 Å². The summed E-state index contributed by atoms with van der Waals surface area (Å²) >= 11 is 0. The Bertz CT molecular complexity index is 388. The molecule has 0 rings (SSSR count). The number of hydrogen-bond donors (Lipinski definition) is 0. The number of unbranched alkanes of at least 4 members (excludes halogenated alkanes) is 13.